The van der Waals surface area contributed by atoms with E-state index in [2.05, 4.69) is 13.8 Å². The fraction of sp³-hybridized carbons (Fsp3) is 1.00. The fourth-order valence-corrected chi connectivity index (χ4v) is 1.91. The summed E-state index contributed by atoms with van der Waals surface area (Å²) in [5.41, 5.74) is 5.88. The lowest BCUT2D eigenvalue weighted by atomic mass is 10.0. The van der Waals surface area contributed by atoms with Crippen molar-refractivity contribution in [2.75, 3.05) is 0 Å². The van der Waals surface area contributed by atoms with Crippen LogP contribution in [0.1, 0.15) is 33.1 Å². The molecule has 2 N–H and O–H groups in total. The maximum atomic E-state index is 5.88. The molecule has 0 amide bonds. The van der Waals surface area contributed by atoms with Gasteiger partial charge in [-0.3, -0.25) is 0 Å². The van der Waals surface area contributed by atoms with Crippen LogP contribution in [0, 0.1) is 11.8 Å². The van der Waals surface area contributed by atoms with Crippen LogP contribution in [0.4, 0.5) is 0 Å². The molecule has 1 nitrogen and oxygen atoms in total. The molecule has 1 aliphatic rings. The van der Waals surface area contributed by atoms with Crippen LogP contribution >= 0.6 is 0 Å². The summed E-state index contributed by atoms with van der Waals surface area (Å²) in [6.07, 6.45) is 3.88. The molecule has 3 atom stereocenters. The second kappa shape index (κ2) is 2.70. The topological polar surface area (TPSA) is 26.0 Å². The predicted octanol–water partition coefficient (Wildman–Crippen LogP) is 1.77. The van der Waals surface area contributed by atoms with Crippen LogP contribution in [0.3, 0.4) is 0 Å². The zero-order valence-corrected chi connectivity index (χ0v) is 6.43. The van der Waals surface area contributed by atoms with E-state index < -0.39 is 0 Å². The molecular weight excluding hydrogens is 110 g/mol. The SMILES string of the molecule is CCC1CC(C)C[C@@H]1N. The van der Waals surface area contributed by atoms with Crippen LogP contribution in [0.15, 0.2) is 0 Å². The minimum Gasteiger partial charge on any atom is -0.327 e. The largest absolute Gasteiger partial charge is 0.327 e. The van der Waals surface area contributed by atoms with Crippen LogP contribution in [-0.2, 0) is 0 Å². The zero-order chi connectivity index (χ0) is 6.85. The quantitative estimate of drug-likeness (QED) is 0.570. The van der Waals surface area contributed by atoms with Gasteiger partial charge in [-0.15, -0.1) is 0 Å². The maximum Gasteiger partial charge on any atom is 0.00696 e. The molecule has 0 aromatic rings. The lowest BCUT2D eigenvalue weighted by Gasteiger charge is -2.10. The summed E-state index contributed by atoms with van der Waals surface area (Å²) >= 11 is 0. The van der Waals surface area contributed by atoms with Crippen molar-refractivity contribution in [3.63, 3.8) is 0 Å². The molecule has 54 valence electrons. The summed E-state index contributed by atoms with van der Waals surface area (Å²) in [4.78, 5) is 0. The second-order valence-electron chi connectivity index (χ2n) is 3.41. The summed E-state index contributed by atoms with van der Waals surface area (Å²) in [5, 5.41) is 0. The molecule has 0 aromatic carbocycles. The van der Waals surface area contributed by atoms with E-state index >= 15 is 0 Å². The van der Waals surface area contributed by atoms with Crippen LogP contribution in [0.2, 0.25) is 0 Å². The van der Waals surface area contributed by atoms with Gasteiger partial charge in [-0.05, 0) is 24.7 Å². The maximum absolute atomic E-state index is 5.88. The van der Waals surface area contributed by atoms with E-state index in [1.54, 1.807) is 0 Å². The van der Waals surface area contributed by atoms with Gasteiger partial charge in [-0.2, -0.15) is 0 Å². The number of hydrogen-bond acceptors (Lipinski definition) is 1. The fourth-order valence-electron chi connectivity index (χ4n) is 1.91. The van der Waals surface area contributed by atoms with Crippen LogP contribution in [0.25, 0.3) is 0 Å². The second-order valence-corrected chi connectivity index (χ2v) is 3.41. The number of rotatable bonds is 1. The molecule has 0 saturated heterocycles. The van der Waals surface area contributed by atoms with E-state index in [0.717, 1.165) is 11.8 Å². The van der Waals surface area contributed by atoms with Gasteiger partial charge in [0.25, 0.3) is 0 Å². The van der Waals surface area contributed by atoms with E-state index in [4.69, 9.17) is 5.73 Å². The van der Waals surface area contributed by atoms with Gasteiger partial charge in [0, 0.05) is 6.04 Å². The smallest absolute Gasteiger partial charge is 0.00696 e. The van der Waals surface area contributed by atoms with E-state index in [-0.39, 0.29) is 0 Å². The number of nitrogens with two attached hydrogens (primary N) is 1. The average molecular weight is 127 g/mol. The lowest BCUT2D eigenvalue weighted by molar-refractivity contribution is 0.460. The predicted molar refractivity (Wildman–Crippen MR) is 40.2 cm³/mol. The van der Waals surface area contributed by atoms with Crippen LogP contribution < -0.4 is 5.73 Å². The third-order valence-electron chi connectivity index (χ3n) is 2.51. The molecule has 1 saturated carbocycles. The van der Waals surface area contributed by atoms with Gasteiger partial charge in [0.2, 0.25) is 0 Å². The van der Waals surface area contributed by atoms with Crippen molar-refractivity contribution in [1.82, 2.24) is 0 Å². The molecule has 0 aromatic heterocycles. The van der Waals surface area contributed by atoms with Crippen LogP contribution in [-0.4, -0.2) is 6.04 Å². The highest BCUT2D eigenvalue weighted by molar-refractivity contribution is 4.82. The molecule has 1 fully saturated rings. The molecule has 0 spiro atoms. The highest BCUT2D eigenvalue weighted by Crippen LogP contribution is 2.31. The van der Waals surface area contributed by atoms with Gasteiger partial charge in [0.1, 0.15) is 0 Å². The summed E-state index contributed by atoms with van der Waals surface area (Å²) in [5.74, 6) is 1.70. The molecule has 2 unspecified atom stereocenters. The first-order chi connectivity index (χ1) is 4.24. The average Bonchev–Trinajstić information content (AvgIpc) is 2.10. The van der Waals surface area contributed by atoms with E-state index in [9.17, 15) is 0 Å². The monoisotopic (exact) mass is 127 g/mol. The Morgan fingerprint density at radius 3 is 2.33 bits per heavy atom. The minimum absolute atomic E-state index is 0.505. The molecule has 0 aliphatic heterocycles. The Balaban J connectivity index is 2.38. The van der Waals surface area contributed by atoms with Crippen molar-refractivity contribution in [2.45, 2.75) is 39.2 Å². The third-order valence-corrected chi connectivity index (χ3v) is 2.51. The number of hydrogen-bond donors (Lipinski definition) is 1. The third kappa shape index (κ3) is 1.45. The Bertz CT molecular complexity index is 90.6. The van der Waals surface area contributed by atoms with E-state index in [1.807, 2.05) is 0 Å². The van der Waals surface area contributed by atoms with Gasteiger partial charge in [0.15, 0.2) is 0 Å². The summed E-state index contributed by atoms with van der Waals surface area (Å²) < 4.78 is 0. The Kier molecular flexibility index (Phi) is 2.12. The molecule has 0 heterocycles. The first kappa shape index (κ1) is 7.07. The van der Waals surface area contributed by atoms with Gasteiger partial charge >= 0.3 is 0 Å². The Labute approximate surface area is 57.6 Å². The Morgan fingerprint density at radius 2 is 2.11 bits per heavy atom. The molecule has 1 heteroatoms. The van der Waals surface area contributed by atoms with Gasteiger partial charge in [-0.1, -0.05) is 20.3 Å². The highest BCUT2D eigenvalue weighted by Gasteiger charge is 2.27. The van der Waals surface area contributed by atoms with Crippen molar-refractivity contribution < 1.29 is 0 Å². The zero-order valence-electron chi connectivity index (χ0n) is 6.43. The normalized spacial score (nSPS) is 43.7. The van der Waals surface area contributed by atoms with Gasteiger partial charge in [-0.25, -0.2) is 0 Å². The molecule has 0 bridgehead atoms. The Morgan fingerprint density at radius 1 is 1.44 bits per heavy atom. The first-order valence-electron chi connectivity index (χ1n) is 3.99. The lowest BCUT2D eigenvalue weighted by Crippen LogP contribution is -2.23. The minimum atomic E-state index is 0.505. The molecule has 9 heavy (non-hydrogen) atoms. The standard InChI is InChI=1S/C8H17N/c1-3-7-4-6(2)5-8(7)9/h6-8H,3-5,9H2,1-2H3/t6?,7?,8-/m0/s1. The van der Waals surface area contributed by atoms with Crippen molar-refractivity contribution in [2.24, 2.45) is 17.6 Å². The van der Waals surface area contributed by atoms with Crippen LogP contribution in [0.5, 0.6) is 0 Å². The van der Waals surface area contributed by atoms with Crippen molar-refractivity contribution in [1.29, 1.82) is 0 Å². The molecule has 1 aliphatic carbocycles. The summed E-state index contributed by atoms with van der Waals surface area (Å²) in [6.45, 7) is 4.54. The van der Waals surface area contributed by atoms with Gasteiger partial charge in [0.05, 0.1) is 0 Å². The highest BCUT2D eigenvalue weighted by atomic mass is 14.7. The van der Waals surface area contributed by atoms with E-state index in [1.165, 1.54) is 19.3 Å². The molecule has 0 radical (unpaired) electrons. The molecule has 1 rings (SSSR count). The van der Waals surface area contributed by atoms with Gasteiger partial charge < -0.3 is 5.73 Å². The molecular formula is C8H17N. The summed E-state index contributed by atoms with van der Waals surface area (Å²) in [7, 11) is 0. The van der Waals surface area contributed by atoms with Crippen molar-refractivity contribution in [3.8, 4) is 0 Å². The summed E-state index contributed by atoms with van der Waals surface area (Å²) in [6, 6.07) is 0.505. The van der Waals surface area contributed by atoms with Crippen molar-refractivity contribution in [3.05, 3.63) is 0 Å². The van der Waals surface area contributed by atoms with E-state index in [0.29, 0.717) is 6.04 Å². The Hall–Kier alpha value is -0.0400. The van der Waals surface area contributed by atoms with Crippen molar-refractivity contribution >= 4 is 0 Å². The first-order valence-corrected chi connectivity index (χ1v) is 3.99.